The summed E-state index contributed by atoms with van der Waals surface area (Å²) in [4.78, 5) is 41.5. The maximum atomic E-state index is 12.2. The van der Waals surface area contributed by atoms with Crippen molar-refractivity contribution in [1.29, 1.82) is 0 Å². The molecule has 0 spiro atoms. The molecule has 0 aliphatic rings. The third kappa shape index (κ3) is 10.0. The fraction of sp³-hybridized carbons (Fsp3) is 0.189. The summed E-state index contributed by atoms with van der Waals surface area (Å²) in [6.07, 6.45) is 8.17. The molecule has 51 heavy (non-hydrogen) atoms. The Morgan fingerprint density at radius 2 is 1.02 bits per heavy atom. The Hall–Kier alpha value is -5.99. The van der Waals surface area contributed by atoms with Gasteiger partial charge in [0.25, 0.3) is 11.1 Å². The Kier molecular flexibility index (Phi) is 11.8. The van der Waals surface area contributed by atoms with E-state index >= 15 is 0 Å². The van der Waals surface area contributed by atoms with Gasteiger partial charge in [0.05, 0.1) is 16.3 Å². The number of aryl methyl sites for hydroxylation is 1. The van der Waals surface area contributed by atoms with Crippen LogP contribution in [0.4, 0.5) is 11.9 Å². The Labute approximate surface area is 296 Å². The third-order valence-corrected chi connectivity index (χ3v) is 8.92. The molecule has 4 aromatic heterocycles. The Balaban J connectivity index is 0.000000199. The lowest BCUT2D eigenvalue weighted by Crippen LogP contribution is -2.22. The molecule has 4 N–H and O–H groups in total. The molecule has 0 bridgehead atoms. The van der Waals surface area contributed by atoms with Crippen LogP contribution in [0.5, 0.6) is 0 Å². The number of primary sulfonamides is 1. The summed E-state index contributed by atoms with van der Waals surface area (Å²) >= 11 is 0. The number of hydrogen-bond acceptors (Lipinski definition) is 10. The third-order valence-electron chi connectivity index (χ3n) is 7.99. The maximum Gasteiger partial charge on any atom is 0.255 e. The smallest absolute Gasteiger partial charge is 0.255 e. The SMILES string of the molecule is Cc1ccc(CCNc2nc(-c3ccncc3)cc(=O)n2C)cc1.Cn1c(NCCc2ccc(S(N)(=O)=O)cc2)nc(-c2ccncc2)cc1=O. The van der Waals surface area contributed by atoms with Gasteiger partial charge >= 0.3 is 0 Å². The molecule has 0 saturated carbocycles. The number of rotatable bonds is 11. The molecular weight excluding hydrogens is 667 g/mol. The quantitative estimate of drug-likeness (QED) is 0.179. The standard InChI is InChI=1S/C19H20N4O.C18H19N5O3S/c1-14-3-5-15(6-4-14)7-12-21-19-22-17(13-18(24)23(19)2)16-8-10-20-11-9-16;1-23-17(24)12-16(14-7-9-20-10-8-14)22-18(23)21-11-6-13-2-4-15(5-3-13)27(19,25)26/h3-6,8-11,13H,7,12H2,1-2H3,(H,21,22);2-5,7-10,12H,6,11H2,1H3,(H,21,22)(H2,19,25,26). The van der Waals surface area contributed by atoms with Crippen LogP contribution in [0.25, 0.3) is 22.5 Å². The van der Waals surface area contributed by atoms with Gasteiger partial charge in [-0.3, -0.25) is 28.7 Å². The number of anilines is 2. The number of nitrogens with two attached hydrogens (primary N) is 1. The van der Waals surface area contributed by atoms with E-state index < -0.39 is 10.0 Å². The van der Waals surface area contributed by atoms with Crippen LogP contribution in [-0.4, -0.2) is 50.6 Å². The summed E-state index contributed by atoms with van der Waals surface area (Å²) in [6, 6.07) is 25.1. The first-order valence-corrected chi connectivity index (χ1v) is 17.6. The highest BCUT2D eigenvalue weighted by Gasteiger charge is 2.10. The van der Waals surface area contributed by atoms with Gasteiger partial charge in [0.2, 0.25) is 21.9 Å². The predicted molar refractivity (Wildman–Crippen MR) is 199 cm³/mol. The van der Waals surface area contributed by atoms with Crippen LogP contribution in [0, 0.1) is 6.92 Å². The Morgan fingerprint density at radius 3 is 1.41 bits per heavy atom. The highest BCUT2D eigenvalue weighted by Crippen LogP contribution is 2.17. The summed E-state index contributed by atoms with van der Waals surface area (Å²) < 4.78 is 25.5. The lowest BCUT2D eigenvalue weighted by Gasteiger charge is -2.12. The second kappa shape index (κ2) is 16.6. The van der Waals surface area contributed by atoms with Gasteiger partial charge in [-0.05, 0) is 67.3 Å². The second-order valence-corrected chi connectivity index (χ2v) is 13.3. The number of sulfonamides is 1. The van der Waals surface area contributed by atoms with E-state index in [0.717, 1.165) is 23.1 Å². The first-order valence-electron chi connectivity index (χ1n) is 16.1. The lowest BCUT2D eigenvalue weighted by atomic mass is 10.1. The van der Waals surface area contributed by atoms with Crippen molar-refractivity contribution in [2.24, 2.45) is 19.2 Å². The number of nitrogens with one attached hydrogen (secondary N) is 2. The molecule has 0 unspecified atom stereocenters. The molecule has 0 saturated heterocycles. The molecule has 13 nitrogen and oxygen atoms in total. The molecular formula is C37H39N9O4S. The summed E-state index contributed by atoms with van der Waals surface area (Å²) in [5.41, 5.74) is 6.09. The van der Waals surface area contributed by atoms with Crippen molar-refractivity contribution in [3.8, 4) is 22.5 Å². The summed E-state index contributed by atoms with van der Waals surface area (Å²) in [5.74, 6) is 1.02. The molecule has 0 atom stereocenters. The first-order chi connectivity index (χ1) is 24.5. The zero-order valence-electron chi connectivity index (χ0n) is 28.5. The van der Waals surface area contributed by atoms with Gasteiger partial charge in [-0.2, -0.15) is 0 Å². The van der Waals surface area contributed by atoms with Crippen LogP contribution < -0.4 is 26.9 Å². The fourth-order valence-electron chi connectivity index (χ4n) is 4.97. The van der Waals surface area contributed by atoms with Crippen molar-refractivity contribution in [2.75, 3.05) is 23.7 Å². The number of benzene rings is 2. The van der Waals surface area contributed by atoms with E-state index in [0.29, 0.717) is 42.8 Å². The van der Waals surface area contributed by atoms with E-state index in [2.05, 4.69) is 61.8 Å². The van der Waals surface area contributed by atoms with Gasteiger partial charge in [-0.25, -0.2) is 23.5 Å². The molecule has 2 aromatic carbocycles. The van der Waals surface area contributed by atoms with Crippen molar-refractivity contribution in [1.82, 2.24) is 29.1 Å². The fourth-order valence-corrected chi connectivity index (χ4v) is 5.49. The zero-order chi connectivity index (χ0) is 36.4. The molecule has 0 amide bonds. The van der Waals surface area contributed by atoms with Gasteiger partial charge in [0.15, 0.2) is 0 Å². The maximum absolute atomic E-state index is 12.2. The Morgan fingerprint density at radius 1 is 0.627 bits per heavy atom. The molecule has 6 rings (SSSR count). The molecule has 0 aliphatic carbocycles. The molecule has 0 fully saturated rings. The predicted octanol–water partition coefficient (Wildman–Crippen LogP) is 3.95. The molecule has 0 radical (unpaired) electrons. The summed E-state index contributed by atoms with van der Waals surface area (Å²) in [7, 11) is -0.323. The van der Waals surface area contributed by atoms with E-state index in [1.54, 1.807) is 69.2 Å². The van der Waals surface area contributed by atoms with Crippen molar-refractivity contribution in [3.63, 3.8) is 0 Å². The van der Waals surface area contributed by atoms with Gasteiger partial charge < -0.3 is 10.6 Å². The van der Waals surface area contributed by atoms with Gasteiger partial charge in [0, 0.05) is 75.2 Å². The molecule has 0 aliphatic heterocycles. The minimum absolute atomic E-state index is 0.0772. The molecule has 4 heterocycles. The van der Waals surface area contributed by atoms with E-state index in [1.165, 1.54) is 38.5 Å². The number of aromatic nitrogens is 6. The van der Waals surface area contributed by atoms with Crippen molar-refractivity contribution in [3.05, 3.63) is 147 Å². The molecule has 14 heteroatoms. The number of pyridine rings is 2. The average Bonchev–Trinajstić information content (AvgIpc) is 3.13. The molecule has 6 aromatic rings. The van der Waals surface area contributed by atoms with Crippen LogP contribution in [0.3, 0.4) is 0 Å². The topological polar surface area (TPSA) is 180 Å². The largest absolute Gasteiger partial charge is 0.355 e. The summed E-state index contributed by atoms with van der Waals surface area (Å²) in [5, 5.41) is 11.5. The van der Waals surface area contributed by atoms with Gasteiger partial charge in [-0.1, -0.05) is 42.0 Å². The Bertz CT molecular complexity index is 2290. The van der Waals surface area contributed by atoms with E-state index in [9.17, 15) is 18.0 Å². The number of hydrogen-bond donors (Lipinski definition) is 3. The van der Waals surface area contributed by atoms with Crippen LogP contribution in [0.15, 0.2) is 124 Å². The van der Waals surface area contributed by atoms with Crippen LogP contribution in [0.1, 0.15) is 16.7 Å². The highest BCUT2D eigenvalue weighted by molar-refractivity contribution is 7.89. The zero-order valence-corrected chi connectivity index (χ0v) is 29.3. The number of nitrogens with zero attached hydrogens (tertiary/aromatic N) is 6. The highest BCUT2D eigenvalue weighted by atomic mass is 32.2. The first kappa shape index (κ1) is 36.3. The van der Waals surface area contributed by atoms with E-state index in [1.807, 2.05) is 12.1 Å². The van der Waals surface area contributed by atoms with Crippen LogP contribution in [-0.2, 0) is 37.0 Å². The van der Waals surface area contributed by atoms with Crippen molar-refractivity contribution in [2.45, 2.75) is 24.7 Å². The lowest BCUT2D eigenvalue weighted by molar-refractivity contribution is 0.598. The van der Waals surface area contributed by atoms with Crippen LogP contribution in [0.2, 0.25) is 0 Å². The second-order valence-electron chi connectivity index (χ2n) is 11.7. The van der Waals surface area contributed by atoms with Gasteiger partial charge in [-0.15, -0.1) is 0 Å². The van der Waals surface area contributed by atoms with Gasteiger partial charge in [0.1, 0.15) is 0 Å². The van der Waals surface area contributed by atoms with E-state index in [4.69, 9.17) is 5.14 Å². The minimum atomic E-state index is -3.69. The van der Waals surface area contributed by atoms with Crippen LogP contribution >= 0.6 is 0 Å². The normalized spacial score (nSPS) is 11.0. The monoisotopic (exact) mass is 705 g/mol. The van der Waals surface area contributed by atoms with Crippen molar-refractivity contribution >= 4 is 21.9 Å². The van der Waals surface area contributed by atoms with Crippen molar-refractivity contribution < 1.29 is 8.42 Å². The minimum Gasteiger partial charge on any atom is -0.355 e. The van der Waals surface area contributed by atoms with E-state index in [-0.39, 0.29) is 16.0 Å². The molecule has 262 valence electrons. The average molecular weight is 706 g/mol. The summed E-state index contributed by atoms with van der Waals surface area (Å²) in [6.45, 7) is 3.31.